The molecule has 0 aliphatic heterocycles. The maximum absolute atomic E-state index is 11.2. The van der Waals surface area contributed by atoms with E-state index in [4.69, 9.17) is 11.6 Å². The smallest absolute Gasteiger partial charge is 0.248 e. The molecular weight excluding hydrogens is 230 g/mol. The summed E-state index contributed by atoms with van der Waals surface area (Å²) in [4.78, 5) is 21.6. The number of hydrogen-bond acceptors (Lipinski definition) is 2. The molecule has 0 spiro atoms. The number of rotatable bonds is 3. The van der Waals surface area contributed by atoms with E-state index >= 15 is 0 Å². The van der Waals surface area contributed by atoms with E-state index in [1.165, 1.54) is 5.19 Å². The molecule has 0 aliphatic rings. The molecule has 5 heteroatoms. The summed E-state index contributed by atoms with van der Waals surface area (Å²) in [6.45, 7) is 0. The zero-order valence-corrected chi connectivity index (χ0v) is 10.9. The van der Waals surface area contributed by atoms with E-state index in [0.29, 0.717) is 5.69 Å². The van der Waals surface area contributed by atoms with E-state index in [0.717, 1.165) is 22.4 Å². The van der Waals surface area contributed by atoms with Crippen LogP contribution in [0.15, 0.2) is 36.4 Å². The second-order valence-electron chi connectivity index (χ2n) is 2.99. The SMILES string of the molecule is O=C(Cl)/C=C/C(=O)Nc1ccc([SiH3])cc1. The summed E-state index contributed by atoms with van der Waals surface area (Å²) in [6, 6.07) is 7.52. The first-order valence-electron chi connectivity index (χ1n) is 4.33. The molecule has 0 heterocycles. The summed E-state index contributed by atoms with van der Waals surface area (Å²) in [5, 5.41) is 3.19. The Morgan fingerprint density at radius 1 is 1.20 bits per heavy atom. The average Bonchev–Trinajstić information content (AvgIpc) is 2.19. The molecule has 0 fully saturated rings. The number of benzene rings is 1. The third-order valence-electron chi connectivity index (χ3n) is 1.68. The molecule has 1 N–H and O–H groups in total. The van der Waals surface area contributed by atoms with E-state index in [2.05, 4.69) is 5.32 Å². The van der Waals surface area contributed by atoms with Crippen molar-refractivity contribution < 1.29 is 9.59 Å². The lowest BCUT2D eigenvalue weighted by molar-refractivity contribution is -0.112. The van der Waals surface area contributed by atoms with Gasteiger partial charge in [0.1, 0.15) is 0 Å². The Morgan fingerprint density at radius 3 is 2.33 bits per heavy atom. The lowest BCUT2D eigenvalue weighted by Gasteiger charge is -2.01. The fourth-order valence-electron chi connectivity index (χ4n) is 0.962. The highest BCUT2D eigenvalue weighted by Gasteiger charge is 1.97. The number of carbonyl (C=O) groups is 2. The average molecular weight is 240 g/mol. The molecule has 0 bridgehead atoms. The van der Waals surface area contributed by atoms with Crippen LogP contribution in [0.25, 0.3) is 0 Å². The highest BCUT2D eigenvalue weighted by Crippen LogP contribution is 2.03. The van der Waals surface area contributed by atoms with Crippen molar-refractivity contribution in [2.24, 2.45) is 0 Å². The molecule has 0 unspecified atom stereocenters. The number of nitrogens with one attached hydrogen (secondary N) is 1. The van der Waals surface area contributed by atoms with Gasteiger partial charge in [-0.1, -0.05) is 17.3 Å². The van der Waals surface area contributed by atoms with Gasteiger partial charge < -0.3 is 5.32 Å². The van der Waals surface area contributed by atoms with Crippen LogP contribution in [0.3, 0.4) is 0 Å². The van der Waals surface area contributed by atoms with Gasteiger partial charge in [-0.2, -0.15) is 0 Å². The predicted octanol–water partition coefficient (Wildman–Crippen LogP) is -0.0626. The van der Waals surface area contributed by atoms with Gasteiger partial charge >= 0.3 is 0 Å². The van der Waals surface area contributed by atoms with E-state index in [9.17, 15) is 9.59 Å². The topological polar surface area (TPSA) is 46.2 Å². The van der Waals surface area contributed by atoms with Gasteiger partial charge in [-0.25, -0.2) is 0 Å². The Kier molecular flexibility index (Phi) is 4.27. The highest BCUT2D eigenvalue weighted by atomic mass is 35.5. The molecule has 0 aromatic heterocycles. The Balaban J connectivity index is 2.59. The standard InChI is InChI=1S/C10H10ClNO2Si/c11-9(13)5-6-10(14)12-7-1-3-8(15)4-2-7/h1-6H,15H3,(H,12,14)/b6-5+. The molecule has 3 nitrogen and oxygen atoms in total. The highest BCUT2D eigenvalue weighted by molar-refractivity contribution is 6.66. The number of allylic oxidation sites excluding steroid dienone is 1. The van der Waals surface area contributed by atoms with Crippen molar-refractivity contribution in [2.75, 3.05) is 5.32 Å². The van der Waals surface area contributed by atoms with E-state index < -0.39 is 5.24 Å². The lowest BCUT2D eigenvalue weighted by Crippen LogP contribution is -2.09. The van der Waals surface area contributed by atoms with Gasteiger partial charge in [-0.15, -0.1) is 0 Å². The Hall–Kier alpha value is -1.39. The maximum Gasteiger partial charge on any atom is 0.248 e. The molecule has 15 heavy (non-hydrogen) atoms. The van der Waals surface area contributed by atoms with Gasteiger partial charge in [0.25, 0.3) is 0 Å². The van der Waals surface area contributed by atoms with E-state index in [1.807, 2.05) is 24.3 Å². The summed E-state index contributed by atoms with van der Waals surface area (Å²) in [5.74, 6) is -0.370. The van der Waals surface area contributed by atoms with Gasteiger partial charge in [0.2, 0.25) is 11.1 Å². The van der Waals surface area contributed by atoms with Crippen molar-refractivity contribution in [3.8, 4) is 0 Å². The fraction of sp³-hybridized carbons (Fsp3) is 0. The van der Waals surface area contributed by atoms with Crippen molar-refractivity contribution in [3.05, 3.63) is 36.4 Å². The fourth-order valence-corrected chi connectivity index (χ4v) is 1.36. The number of hydrogen-bond donors (Lipinski definition) is 1. The molecule has 0 radical (unpaired) electrons. The van der Waals surface area contributed by atoms with Crippen molar-refractivity contribution in [1.82, 2.24) is 0 Å². The molecule has 1 amide bonds. The summed E-state index contributed by atoms with van der Waals surface area (Å²) in [6.07, 6.45) is 2.11. The second-order valence-corrected chi connectivity index (χ2v) is 4.52. The van der Waals surface area contributed by atoms with Gasteiger partial charge in [0.05, 0.1) is 0 Å². The van der Waals surface area contributed by atoms with Crippen LogP contribution in [0.4, 0.5) is 5.69 Å². The Bertz CT molecular complexity index is 400. The number of amides is 1. The van der Waals surface area contributed by atoms with Crippen LogP contribution in [-0.4, -0.2) is 21.4 Å². The number of halogens is 1. The van der Waals surface area contributed by atoms with Crippen LogP contribution in [0.5, 0.6) is 0 Å². The second kappa shape index (κ2) is 5.48. The zero-order valence-electron chi connectivity index (χ0n) is 8.16. The minimum absolute atomic E-state index is 0.370. The molecule has 1 aromatic rings. The van der Waals surface area contributed by atoms with Crippen LogP contribution in [0.1, 0.15) is 0 Å². The molecule has 1 rings (SSSR count). The van der Waals surface area contributed by atoms with Gasteiger partial charge in [-0.3, -0.25) is 9.59 Å². The zero-order chi connectivity index (χ0) is 11.3. The largest absolute Gasteiger partial charge is 0.323 e. The first-order valence-corrected chi connectivity index (χ1v) is 5.71. The molecule has 0 atom stereocenters. The number of anilines is 1. The molecule has 78 valence electrons. The first-order chi connectivity index (χ1) is 7.08. The van der Waals surface area contributed by atoms with Gasteiger partial charge in [0, 0.05) is 28.1 Å². The molecular formula is C10H10ClNO2Si. The first kappa shape index (κ1) is 11.7. The van der Waals surface area contributed by atoms with Crippen LogP contribution < -0.4 is 10.5 Å². The lowest BCUT2D eigenvalue weighted by atomic mass is 10.3. The van der Waals surface area contributed by atoms with Gasteiger partial charge in [0.15, 0.2) is 0 Å². The normalized spacial score (nSPS) is 10.5. The quantitative estimate of drug-likeness (QED) is 0.456. The molecule has 0 saturated carbocycles. The van der Waals surface area contributed by atoms with Crippen molar-refractivity contribution in [2.45, 2.75) is 0 Å². The predicted molar refractivity (Wildman–Crippen MR) is 64.6 cm³/mol. The summed E-state index contributed by atoms with van der Waals surface area (Å²) in [5.41, 5.74) is 0.700. The maximum atomic E-state index is 11.2. The van der Waals surface area contributed by atoms with Crippen LogP contribution in [0.2, 0.25) is 0 Å². The number of carbonyl (C=O) groups excluding carboxylic acids is 2. The Labute approximate surface area is 95.5 Å². The van der Waals surface area contributed by atoms with Gasteiger partial charge in [-0.05, 0) is 23.7 Å². The monoisotopic (exact) mass is 239 g/mol. The third kappa shape index (κ3) is 4.58. The van der Waals surface area contributed by atoms with E-state index in [-0.39, 0.29) is 5.91 Å². The summed E-state index contributed by atoms with van der Waals surface area (Å²) >= 11 is 5.04. The third-order valence-corrected chi connectivity index (χ3v) is 2.48. The van der Waals surface area contributed by atoms with Crippen LogP contribution >= 0.6 is 11.6 Å². The minimum atomic E-state index is -0.667. The molecule has 0 aliphatic carbocycles. The summed E-state index contributed by atoms with van der Waals surface area (Å²) in [7, 11) is 0.981. The van der Waals surface area contributed by atoms with Crippen molar-refractivity contribution in [3.63, 3.8) is 0 Å². The van der Waals surface area contributed by atoms with Crippen LogP contribution in [0, 0.1) is 0 Å². The summed E-state index contributed by atoms with van der Waals surface area (Å²) < 4.78 is 0. The van der Waals surface area contributed by atoms with Crippen molar-refractivity contribution >= 4 is 43.9 Å². The molecule has 1 aromatic carbocycles. The molecule has 0 saturated heterocycles. The Morgan fingerprint density at radius 2 is 1.80 bits per heavy atom. The van der Waals surface area contributed by atoms with Crippen LogP contribution in [-0.2, 0) is 9.59 Å². The minimum Gasteiger partial charge on any atom is -0.323 e. The van der Waals surface area contributed by atoms with Crippen molar-refractivity contribution in [1.29, 1.82) is 0 Å². The van der Waals surface area contributed by atoms with E-state index in [1.54, 1.807) is 0 Å².